The highest BCUT2D eigenvalue weighted by molar-refractivity contribution is 5.81. The van der Waals surface area contributed by atoms with Gasteiger partial charge in [0, 0.05) is 6.61 Å². The fourth-order valence-corrected chi connectivity index (χ4v) is 1.38. The van der Waals surface area contributed by atoms with Crippen molar-refractivity contribution in [3.8, 4) is 0 Å². The van der Waals surface area contributed by atoms with Gasteiger partial charge in [-0.25, -0.2) is 0 Å². The molecule has 0 aromatic rings. The van der Waals surface area contributed by atoms with Crippen LogP contribution in [0, 0.1) is 0 Å². The second-order valence-electron chi connectivity index (χ2n) is 3.89. The summed E-state index contributed by atoms with van der Waals surface area (Å²) in [5.41, 5.74) is 5.10. The summed E-state index contributed by atoms with van der Waals surface area (Å²) < 4.78 is 10.3. The lowest BCUT2D eigenvalue weighted by atomic mass is 9.78. The van der Waals surface area contributed by atoms with E-state index in [0.717, 1.165) is 19.3 Å². The zero-order valence-electron chi connectivity index (χ0n) is 8.91. The van der Waals surface area contributed by atoms with Crippen LogP contribution in [0.2, 0.25) is 0 Å². The van der Waals surface area contributed by atoms with E-state index in [0.29, 0.717) is 13.2 Å². The normalized spacial score (nSPS) is 21.1. The zero-order valence-corrected chi connectivity index (χ0v) is 8.91. The standard InChI is InChI=1S/C10H19NO3/c1-3-13-7-8(2)14-9(12)10(11)5-4-6-10/h8H,3-7,11H2,1-2H3. The minimum atomic E-state index is -0.708. The number of nitrogens with two attached hydrogens (primary N) is 1. The lowest BCUT2D eigenvalue weighted by molar-refractivity contribution is -0.161. The lowest BCUT2D eigenvalue weighted by Crippen LogP contribution is -2.55. The van der Waals surface area contributed by atoms with E-state index in [2.05, 4.69) is 0 Å². The van der Waals surface area contributed by atoms with Crippen LogP contribution in [0.5, 0.6) is 0 Å². The number of carbonyl (C=O) groups is 1. The van der Waals surface area contributed by atoms with Crippen LogP contribution in [0.1, 0.15) is 33.1 Å². The van der Waals surface area contributed by atoms with Crippen LogP contribution < -0.4 is 5.73 Å². The van der Waals surface area contributed by atoms with Gasteiger partial charge in [0.1, 0.15) is 11.6 Å². The van der Waals surface area contributed by atoms with Gasteiger partial charge in [-0.3, -0.25) is 4.79 Å². The van der Waals surface area contributed by atoms with Gasteiger partial charge in [-0.15, -0.1) is 0 Å². The summed E-state index contributed by atoms with van der Waals surface area (Å²) in [6, 6.07) is 0. The highest BCUT2D eigenvalue weighted by atomic mass is 16.6. The third-order valence-corrected chi connectivity index (χ3v) is 2.52. The SMILES string of the molecule is CCOCC(C)OC(=O)C1(N)CCC1. The Morgan fingerprint density at radius 2 is 2.21 bits per heavy atom. The predicted octanol–water partition coefficient (Wildman–Crippen LogP) is 0.836. The topological polar surface area (TPSA) is 61.5 Å². The molecular weight excluding hydrogens is 182 g/mol. The molecule has 0 aromatic carbocycles. The molecular formula is C10H19NO3. The summed E-state index contributed by atoms with van der Waals surface area (Å²) in [5, 5.41) is 0. The van der Waals surface area contributed by atoms with E-state index in [1.807, 2.05) is 13.8 Å². The summed E-state index contributed by atoms with van der Waals surface area (Å²) in [7, 11) is 0. The summed E-state index contributed by atoms with van der Waals surface area (Å²) >= 11 is 0. The quantitative estimate of drug-likeness (QED) is 0.669. The van der Waals surface area contributed by atoms with Gasteiger partial charge >= 0.3 is 5.97 Å². The molecule has 0 radical (unpaired) electrons. The monoisotopic (exact) mass is 201 g/mol. The van der Waals surface area contributed by atoms with Crippen LogP contribution in [0.4, 0.5) is 0 Å². The first-order chi connectivity index (χ1) is 6.58. The van der Waals surface area contributed by atoms with E-state index >= 15 is 0 Å². The van der Waals surface area contributed by atoms with E-state index in [9.17, 15) is 4.79 Å². The average Bonchev–Trinajstić information content (AvgIpc) is 2.10. The molecule has 1 fully saturated rings. The van der Waals surface area contributed by atoms with E-state index in [1.54, 1.807) is 0 Å². The average molecular weight is 201 g/mol. The molecule has 1 unspecified atom stereocenters. The van der Waals surface area contributed by atoms with Crippen molar-refractivity contribution in [1.82, 2.24) is 0 Å². The molecule has 0 spiro atoms. The van der Waals surface area contributed by atoms with Crippen LogP contribution in [0.25, 0.3) is 0 Å². The number of carbonyl (C=O) groups excluding carboxylic acids is 1. The van der Waals surface area contributed by atoms with E-state index in [-0.39, 0.29) is 12.1 Å². The van der Waals surface area contributed by atoms with Crippen molar-refractivity contribution in [3.05, 3.63) is 0 Å². The van der Waals surface area contributed by atoms with Crippen molar-refractivity contribution < 1.29 is 14.3 Å². The van der Waals surface area contributed by atoms with E-state index in [1.165, 1.54) is 0 Å². The molecule has 1 aliphatic carbocycles. The third-order valence-electron chi connectivity index (χ3n) is 2.52. The number of esters is 1. The van der Waals surface area contributed by atoms with Gasteiger partial charge in [0.05, 0.1) is 6.61 Å². The molecule has 4 nitrogen and oxygen atoms in total. The van der Waals surface area contributed by atoms with Gasteiger partial charge in [0.25, 0.3) is 0 Å². The maximum Gasteiger partial charge on any atom is 0.326 e. The van der Waals surface area contributed by atoms with Crippen LogP contribution in [-0.2, 0) is 14.3 Å². The number of ether oxygens (including phenoxy) is 2. The second kappa shape index (κ2) is 4.75. The number of hydrogen-bond donors (Lipinski definition) is 1. The highest BCUT2D eigenvalue weighted by Crippen LogP contribution is 2.30. The zero-order chi connectivity index (χ0) is 10.6. The molecule has 14 heavy (non-hydrogen) atoms. The van der Waals surface area contributed by atoms with Crippen molar-refractivity contribution in [1.29, 1.82) is 0 Å². The molecule has 1 saturated carbocycles. The molecule has 0 amide bonds. The lowest BCUT2D eigenvalue weighted by Gasteiger charge is -2.35. The third kappa shape index (κ3) is 2.69. The first kappa shape index (κ1) is 11.5. The van der Waals surface area contributed by atoms with Crippen molar-refractivity contribution in [3.63, 3.8) is 0 Å². The molecule has 0 aromatic heterocycles. The van der Waals surface area contributed by atoms with Crippen LogP contribution in [0.15, 0.2) is 0 Å². The van der Waals surface area contributed by atoms with Gasteiger partial charge in [0.15, 0.2) is 0 Å². The molecule has 1 rings (SSSR count). The minimum absolute atomic E-state index is 0.205. The molecule has 0 heterocycles. The Balaban J connectivity index is 2.25. The Morgan fingerprint density at radius 3 is 2.64 bits per heavy atom. The molecule has 1 atom stereocenters. The molecule has 0 saturated heterocycles. The Labute approximate surface area is 84.7 Å². The van der Waals surface area contributed by atoms with Crippen LogP contribution >= 0.6 is 0 Å². The Hall–Kier alpha value is -0.610. The fraction of sp³-hybridized carbons (Fsp3) is 0.900. The molecule has 0 aliphatic heterocycles. The largest absolute Gasteiger partial charge is 0.459 e. The summed E-state index contributed by atoms with van der Waals surface area (Å²) in [4.78, 5) is 11.5. The van der Waals surface area contributed by atoms with Gasteiger partial charge < -0.3 is 15.2 Å². The Kier molecular flexibility index (Phi) is 3.89. The summed E-state index contributed by atoms with van der Waals surface area (Å²) in [6.45, 7) is 4.80. The number of rotatable bonds is 5. The molecule has 4 heteroatoms. The predicted molar refractivity (Wildman–Crippen MR) is 52.8 cm³/mol. The summed E-state index contributed by atoms with van der Waals surface area (Å²) in [6.07, 6.45) is 2.30. The van der Waals surface area contributed by atoms with Gasteiger partial charge in [-0.2, -0.15) is 0 Å². The first-order valence-corrected chi connectivity index (χ1v) is 5.16. The van der Waals surface area contributed by atoms with Crippen LogP contribution in [-0.4, -0.2) is 30.8 Å². The van der Waals surface area contributed by atoms with E-state index in [4.69, 9.17) is 15.2 Å². The molecule has 1 aliphatic rings. The smallest absolute Gasteiger partial charge is 0.326 e. The molecule has 0 bridgehead atoms. The second-order valence-corrected chi connectivity index (χ2v) is 3.89. The molecule has 2 N–H and O–H groups in total. The highest BCUT2D eigenvalue weighted by Gasteiger charge is 2.42. The Morgan fingerprint density at radius 1 is 1.57 bits per heavy atom. The van der Waals surface area contributed by atoms with E-state index < -0.39 is 5.54 Å². The fourth-order valence-electron chi connectivity index (χ4n) is 1.38. The number of hydrogen-bond acceptors (Lipinski definition) is 4. The Bertz CT molecular complexity index is 202. The van der Waals surface area contributed by atoms with Crippen molar-refractivity contribution >= 4 is 5.97 Å². The summed E-state index contributed by atoms with van der Waals surface area (Å²) in [5.74, 6) is -0.282. The minimum Gasteiger partial charge on any atom is -0.459 e. The van der Waals surface area contributed by atoms with Gasteiger partial charge in [0.2, 0.25) is 0 Å². The molecule has 82 valence electrons. The van der Waals surface area contributed by atoms with Crippen molar-refractivity contribution in [2.45, 2.75) is 44.8 Å². The van der Waals surface area contributed by atoms with Gasteiger partial charge in [-0.05, 0) is 33.1 Å². The maximum absolute atomic E-state index is 11.5. The van der Waals surface area contributed by atoms with Crippen molar-refractivity contribution in [2.75, 3.05) is 13.2 Å². The van der Waals surface area contributed by atoms with Gasteiger partial charge in [-0.1, -0.05) is 0 Å². The van der Waals surface area contributed by atoms with Crippen LogP contribution in [0.3, 0.4) is 0 Å². The first-order valence-electron chi connectivity index (χ1n) is 5.16. The van der Waals surface area contributed by atoms with Crippen molar-refractivity contribution in [2.24, 2.45) is 5.73 Å². The maximum atomic E-state index is 11.5.